The summed E-state index contributed by atoms with van der Waals surface area (Å²) >= 11 is 3.38. The molecule has 1 aliphatic heterocycles. The lowest BCUT2D eigenvalue weighted by molar-refractivity contribution is -0.119. The second kappa shape index (κ2) is 7.70. The van der Waals surface area contributed by atoms with Crippen molar-refractivity contribution in [1.82, 2.24) is 0 Å². The number of carbonyl (C=O) groups excluding carboxylic acids is 2. The number of benzene rings is 2. The molecule has 0 unspecified atom stereocenters. The van der Waals surface area contributed by atoms with E-state index >= 15 is 0 Å². The van der Waals surface area contributed by atoms with E-state index in [-0.39, 0.29) is 11.8 Å². The van der Waals surface area contributed by atoms with Crippen LogP contribution in [-0.2, 0) is 4.79 Å². The van der Waals surface area contributed by atoms with Gasteiger partial charge >= 0.3 is 0 Å². The molecule has 2 amide bonds. The number of carbonyl (C=O) groups is 2. The maximum absolute atomic E-state index is 12.5. The summed E-state index contributed by atoms with van der Waals surface area (Å²) in [5, 5.41) is 2.88. The Bertz CT molecular complexity index is 807. The Morgan fingerprint density at radius 3 is 2.72 bits per heavy atom. The van der Waals surface area contributed by atoms with Gasteiger partial charge in [0.2, 0.25) is 5.91 Å². The molecule has 1 fully saturated rings. The molecule has 2 aromatic carbocycles. The summed E-state index contributed by atoms with van der Waals surface area (Å²) in [6.45, 7) is 0.664. The largest absolute Gasteiger partial charge is 0.495 e. The number of methoxy groups -OCH3 is 1. The second-order valence-corrected chi connectivity index (χ2v) is 6.68. The zero-order valence-corrected chi connectivity index (χ0v) is 15.5. The molecule has 1 aliphatic rings. The van der Waals surface area contributed by atoms with Crippen molar-refractivity contribution in [3.63, 3.8) is 0 Å². The van der Waals surface area contributed by atoms with Crippen molar-refractivity contribution >= 4 is 39.1 Å². The number of hydrogen-bond acceptors (Lipinski definition) is 3. The molecule has 1 N–H and O–H groups in total. The lowest BCUT2D eigenvalue weighted by atomic mass is 10.1. The number of nitrogens with zero attached hydrogens (tertiary/aromatic N) is 1. The van der Waals surface area contributed by atoms with Gasteiger partial charge < -0.3 is 15.0 Å². The van der Waals surface area contributed by atoms with Crippen molar-refractivity contribution in [3.8, 4) is 5.75 Å². The van der Waals surface area contributed by atoms with Crippen molar-refractivity contribution in [3.05, 3.63) is 52.5 Å². The van der Waals surface area contributed by atoms with Crippen molar-refractivity contribution in [2.45, 2.75) is 19.3 Å². The van der Waals surface area contributed by atoms with E-state index in [1.807, 2.05) is 18.2 Å². The highest BCUT2D eigenvalue weighted by Gasteiger charge is 2.23. The third-order valence-corrected chi connectivity index (χ3v) is 4.86. The Kier molecular flexibility index (Phi) is 5.38. The third kappa shape index (κ3) is 3.85. The average Bonchev–Trinajstić information content (AvgIpc) is 2.62. The first kappa shape index (κ1) is 17.5. The Labute approximate surface area is 155 Å². The maximum atomic E-state index is 12.5. The van der Waals surface area contributed by atoms with Crippen molar-refractivity contribution < 1.29 is 14.3 Å². The number of halogens is 1. The first-order valence-corrected chi connectivity index (χ1v) is 8.93. The van der Waals surface area contributed by atoms with Crippen LogP contribution in [0.25, 0.3) is 0 Å². The first-order valence-electron chi connectivity index (χ1n) is 8.14. The molecule has 0 aromatic heterocycles. The molecule has 0 bridgehead atoms. The number of nitrogens with one attached hydrogen (secondary N) is 1. The van der Waals surface area contributed by atoms with Crippen LogP contribution in [0.3, 0.4) is 0 Å². The van der Waals surface area contributed by atoms with Gasteiger partial charge in [0, 0.05) is 23.1 Å². The summed E-state index contributed by atoms with van der Waals surface area (Å²) < 4.78 is 6.13. The Morgan fingerprint density at radius 2 is 2.00 bits per heavy atom. The first-order chi connectivity index (χ1) is 12.1. The van der Waals surface area contributed by atoms with Gasteiger partial charge in [-0.2, -0.15) is 0 Å². The minimum Gasteiger partial charge on any atom is -0.495 e. The van der Waals surface area contributed by atoms with Gasteiger partial charge in [-0.15, -0.1) is 0 Å². The number of hydrogen-bond donors (Lipinski definition) is 1. The number of amides is 2. The number of rotatable bonds is 4. The van der Waals surface area contributed by atoms with Crippen LogP contribution in [0.15, 0.2) is 46.9 Å². The average molecular weight is 403 g/mol. The molecule has 25 heavy (non-hydrogen) atoms. The maximum Gasteiger partial charge on any atom is 0.256 e. The van der Waals surface area contributed by atoms with Crippen LogP contribution in [0.2, 0.25) is 0 Å². The van der Waals surface area contributed by atoms with E-state index in [1.54, 1.807) is 36.3 Å². The van der Waals surface area contributed by atoms with E-state index in [9.17, 15) is 9.59 Å². The van der Waals surface area contributed by atoms with Gasteiger partial charge in [-0.3, -0.25) is 9.59 Å². The van der Waals surface area contributed by atoms with E-state index in [0.717, 1.165) is 17.3 Å². The van der Waals surface area contributed by atoms with E-state index in [0.29, 0.717) is 35.7 Å². The number of anilines is 2. The van der Waals surface area contributed by atoms with Gasteiger partial charge in [0.25, 0.3) is 5.91 Å². The van der Waals surface area contributed by atoms with Gasteiger partial charge in [0.05, 0.1) is 18.4 Å². The summed E-state index contributed by atoms with van der Waals surface area (Å²) in [5.74, 6) is 0.488. The highest BCUT2D eigenvalue weighted by molar-refractivity contribution is 9.10. The van der Waals surface area contributed by atoms with E-state index in [2.05, 4.69) is 21.2 Å². The van der Waals surface area contributed by atoms with E-state index in [4.69, 9.17) is 4.74 Å². The van der Waals surface area contributed by atoms with E-state index in [1.165, 1.54) is 0 Å². The minimum atomic E-state index is -0.214. The highest BCUT2D eigenvalue weighted by Crippen LogP contribution is 2.34. The summed E-state index contributed by atoms with van der Waals surface area (Å²) in [7, 11) is 1.58. The summed E-state index contributed by atoms with van der Waals surface area (Å²) in [6, 6.07) is 12.6. The normalized spacial score (nSPS) is 14.3. The molecular formula is C19H19BrN2O3. The fourth-order valence-electron chi connectivity index (χ4n) is 2.88. The van der Waals surface area contributed by atoms with Crippen LogP contribution in [-0.4, -0.2) is 25.5 Å². The summed E-state index contributed by atoms with van der Waals surface area (Å²) in [5.41, 5.74) is 1.86. The fraction of sp³-hybridized carbons (Fsp3) is 0.263. The van der Waals surface area contributed by atoms with Crippen molar-refractivity contribution in [2.75, 3.05) is 23.9 Å². The van der Waals surface area contributed by atoms with Crippen LogP contribution in [0.1, 0.15) is 29.6 Å². The Morgan fingerprint density at radius 1 is 1.20 bits per heavy atom. The molecule has 3 rings (SSSR count). The second-order valence-electron chi connectivity index (χ2n) is 5.82. The lowest BCUT2D eigenvalue weighted by Crippen LogP contribution is -2.35. The van der Waals surface area contributed by atoms with Crippen molar-refractivity contribution in [1.29, 1.82) is 0 Å². The molecular weight excluding hydrogens is 384 g/mol. The molecule has 0 saturated carbocycles. The monoisotopic (exact) mass is 402 g/mol. The molecule has 0 aliphatic carbocycles. The van der Waals surface area contributed by atoms with Gasteiger partial charge in [-0.1, -0.05) is 12.1 Å². The smallest absolute Gasteiger partial charge is 0.256 e. The molecule has 1 heterocycles. The Hall–Kier alpha value is -2.34. The standard InChI is InChI=1S/C19H19BrN2O3/c1-25-17-10-9-13(12-16(17)22-11-5-4-8-18(22)23)21-19(24)14-6-2-3-7-15(14)20/h2-3,6-7,9-10,12H,4-5,8,11H2,1H3,(H,21,24). The fourth-order valence-corrected chi connectivity index (χ4v) is 3.35. The number of ether oxygens (including phenoxy) is 1. The molecule has 0 radical (unpaired) electrons. The van der Waals surface area contributed by atoms with Crippen LogP contribution < -0.4 is 15.0 Å². The van der Waals surface area contributed by atoms with Crippen LogP contribution in [0.4, 0.5) is 11.4 Å². The summed E-state index contributed by atoms with van der Waals surface area (Å²) in [6.07, 6.45) is 2.41. The zero-order valence-electron chi connectivity index (χ0n) is 13.9. The minimum absolute atomic E-state index is 0.0823. The van der Waals surface area contributed by atoms with Crippen LogP contribution >= 0.6 is 15.9 Å². The van der Waals surface area contributed by atoms with Gasteiger partial charge in [0.15, 0.2) is 0 Å². The lowest BCUT2D eigenvalue weighted by Gasteiger charge is -2.28. The predicted octanol–water partition coefficient (Wildman–Crippen LogP) is 4.23. The molecule has 0 atom stereocenters. The molecule has 6 heteroatoms. The highest BCUT2D eigenvalue weighted by atomic mass is 79.9. The SMILES string of the molecule is COc1ccc(NC(=O)c2ccccc2Br)cc1N1CCCCC1=O. The quantitative estimate of drug-likeness (QED) is 0.832. The summed E-state index contributed by atoms with van der Waals surface area (Å²) in [4.78, 5) is 26.5. The topological polar surface area (TPSA) is 58.6 Å². The van der Waals surface area contributed by atoms with Gasteiger partial charge in [-0.05, 0) is 59.1 Å². The molecule has 0 spiro atoms. The third-order valence-electron chi connectivity index (χ3n) is 4.17. The van der Waals surface area contributed by atoms with E-state index < -0.39 is 0 Å². The van der Waals surface area contributed by atoms with Gasteiger partial charge in [-0.25, -0.2) is 0 Å². The van der Waals surface area contributed by atoms with Crippen LogP contribution in [0.5, 0.6) is 5.75 Å². The van der Waals surface area contributed by atoms with Crippen molar-refractivity contribution in [2.24, 2.45) is 0 Å². The van der Waals surface area contributed by atoms with Crippen LogP contribution in [0, 0.1) is 0 Å². The molecule has 5 nitrogen and oxygen atoms in total. The molecule has 130 valence electrons. The molecule has 2 aromatic rings. The number of piperidine rings is 1. The predicted molar refractivity (Wildman–Crippen MR) is 101 cm³/mol. The Balaban J connectivity index is 1.88. The molecule has 1 saturated heterocycles. The zero-order chi connectivity index (χ0) is 17.8. The van der Waals surface area contributed by atoms with Gasteiger partial charge in [0.1, 0.15) is 5.75 Å².